The van der Waals surface area contributed by atoms with Gasteiger partial charge in [0.25, 0.3) is 0 Å². The summed E-state index contributed by atoms with van der Waals surface area (Å²) in [5, 5.41) is 7.43. The molecule has 6 N–H and O–H groups in total. The molecule has 216 valence electrons. The third-order valence-corrected chi connectivity index (χ3v) is 6.35. The molecule has 2 atom stereocenters. The third kappa shape index (κ3) is 10.1. The number of aliphatic imine (C=N–C) groups is 1. The molecule has 10 heteroatoms. The summed E-state index contributed by atoms with van der Waals surface area (Å²) in [4.78, 5) is 55.8. The van der Waals surface area contributed by atoms with E-state index in [0.717, 1.165) is 16.3 Å². The molecule has 0 saturated heterocycles. The maximum absolute atomic E-state index is 13.6. The molecule has 0 bridgehead atoms. The summed E-state index contributed by atoms with van der Waals surface area (Å²) >= 11 is 0. The number of fused-ring (bicyclic) bond motifs is 1. The SMILES string of the molecule is CC(C)OC(=O)C(=O)NC(Cc1ccccc1)C(=O)CC(CCCN=C(N)N)C(=O)Nc1ccc2ccccc2c1. The lowest BCUT2D eigenvalue weighted by molar-refractivity contribution is -0.158. The van der Waals surface area contributed by atoms with Crippen LogP contribution in [0.1, 0.15) is 38.7 Å². The fourth-order valence-electron chi connectivity index (χ4n) is 4.35. The van der Waals surface area contributed by atoms with Gasteiger partial charge < -0.3 is 26.8 Å². The molecule has 0 heterocycles. The molecule has 0 spiro atoms. The van der Waals surface area contributed by atoms with Gasteiger partial charge in [0.1, 0.15) is 0 Å². The zero-order valence-corrected chi connectivity index (χ0v) is 23.3. The first-order chi connectivity index (χ1) is 19.6. The summed E-state index contributed by atoms with van der Waals surface area (Å²) in [6.07, 6.45) is 0.261. The van der Waals surface area contributed by atoms with Crippen molar-refractivity contribution in [3.05, 3.63) is 78.4 Å². The van der Waals surface area contributed by atoms with E-state index in [1.165, 1.54) is 0 Å². The molecular weight excluding hydrogens is 522 g/mol. The van der Waals surface area contributed by atoms with Crippen LogP contribution < -0.4 is 22.1 Å². The highest BCUT2D eigenvalue weighted by molar-refractivity contribution is 6.33. The number of hydrogen-bond donors (Lipinski definition) is 4. The van der Waals surface area contributed by atoms with Crippen molar-refractivity contribution in [2.75, 3.05) is 11.9 Å². The predicted molar refractivity (Wildman–Crippen MR) is 159 cm³/mol. The third-order valence-electron chi connectivity index (χ3n) is 6.35. The largest absolute Gasteiger partial charge is 0.456 e. The number of guanidine groups is 1. The van der Waals surface area contributed by atoms with Crippen LogP contribution >= 0.6 is 0 Å². The average molecular weight is 560 g/mol. The highest BCUT2D eigenvalue weighted by atomic mass is 16.5. The van der Waals surface area contributed by atoms with E-state index in [1.54, 1.807) is 19.9 Å². The minimum absolute atomic E-state index is 0.0582. The van der Waals surface area contributed by atoms with Gasteiger partial charge in [0.2, 0.25) is 5.91 Å². The lowest BCUT2D eigenvalue weighted by Gasteiger charge is -2.21. The van der Waals surface area contributed by atoms with Crippen LogP contribution in [0.5, 0.6) is 0 Å². The fourth-order valence-corrected chi connectivity index (χ4v) is 4.35. The van der Waals surface area contributed by atoms with Crippen LogP contribution in [0.15, 0.2) is 77.8 Å². The monoisotopic (exact) mass is 559 g/mol. The average Bonchev–Trinajstić information content (AvgIpc) is 2.94. The van der Waals surface area contributed by atoms with Gasteiger partial charge in [-0.05, 0) is 61.6 Å². The summed E-state index contributed by atoms with van der Waals surface area (Å²) < 4.78 is 4.98. The van der Waals surface area contributed by atoms with Crippen LogP contribution in [0.2, 0.25) is 0 Å². The number of carbonyl (C=O) groups excluding carboxylic acids is 4. The minimum Gasteiger partial charge on any atom is -0.456 e. The van der Waals surface area contributed by atoms with E-state index in [2.05, 4.69) is 15.6 Å². The number of ether oxygens (including phenoxy) is 1. The molecule has 0 saturated carbocycles. The lowest BCUT2D eigenvalue weighted by atomic mass is 9.91. The van der Waals surface area contributed by atoms with Crippen molar-refractivity contribution in [2.24, 2.45) is 22.4 Å². The summed E-state index contributed by atoms with van der Waals surface area (Å²) in [6, 6.07) is 21.4. The van der Waals surface area contributed by atoms with Crippen LogP contribution in [0.25, 0.3) is 10.8 Å². The van der Waals surface area contributed by atoms with Crippen LogP contribution in [0.3, 0.4) is 0 Å². The van der Waals surface area contributed by atoms with Gasteiger partial charge in [-0.2, -0.15) is 0 Å². The summed E-state index contributed by atoms with van der Waals surface area (Å²) in [5.74, 6) is -3.62. The first-order valence-electron chi connectivity index (χ1n) is 13.6. The van der Waals surface area contributed by atoms with Gasteiger partial charge in [0.05, 0.1) is 12.1 Å². The van der Waals surface area contributed by atoms with E-state index < -0.39 is 29.9 Å². The number of amides is 2. The first kappa shape index (κ1) is 30.8. The Kier molecular flexibility index (Phi) is 11.4. The molecule has 3 rings (SSSR count). The molecule has 2 unspecified atom stereocenters. The van der Waals surface area contributed by atoms with E-state index in [-0.39, 0.29) is 30.5 Å². The Morgan fingerprint density at radius 3 is 2.27 bits per heavy atom. The zero-order chi connectivity index (χ0) is 29.8. The maximum Gasteiger partial charge on any atom is 0.397 e. The molecule has 3 aromatic rings. The Balaban J connectivity index is 1.79. The number of benzene rings is 3. The molecule has 0 aromatic heterocycles. The van der Waals surface area contributed by atoms with Gasteiger partial charge in [-0.3, -0.25) is 19.4 Å². The number of ketones is 1. The number of nitrogens with one attached hydrogen (secondary N) is 2. The molecule has 10 nitrogen and oxygen atoms in total. The molecule has 0 aliphatic carbocycles. The smallest absolute Gasteiger partial charge is 0.397 e. The van der Waals surface area contributed by atoms with Crippen LogP contribution in [-0.2, 0) is 30.3 Å². The number of rotatable bonds is 13. The number of Topliss-reactive ketones (excluding diaryl/α,β-unsaturated/α-hetero) is 1. The zero-order valence-electron chi connectivity index (χ0n) is 23.3. The van der Waals surface area contributed by atoms with E-state index >= 15 is 0 Å². The number of esters is 1. The Morgan fingerprint density at radius 2 is 1.59 bits per heavy atom. The topological polar surface area (TPSA) is 166 Å². The highest BCUT2D eigenvalue weighted by Gasteiger charge is 2.30. The van der Waals surface area contributed by atoms with Gasteiger partial charge in [0, 0.05) is 24.6 Å². The van der Waals surface area contributed by atoms with Crippen molar-refractivity contribution >= 4 is 46.0 Å². The van der Waals surface area contributed by atoms with Gasteiger partial charge >= 0.3 is 11.9 Å². The Labute approximate surface area is 239 Å². The van der Waals surface area contributed by atoms with Crippen LogP contribution in [0, 0.1) is 5.92 Å². The second kappa shape index (κ2) is 15.2. The Bertz CT molecular complexity index is 1390. The Morgan fingerprint density at radius 1 is 0.902 bits per heavy atom. The summed E-state index contributed by atoms with van der Waals surface area (Å²) in [5.41, 5.74) is 12.2. The molecule has 41 heavy (non-hydrogen) atoms. The second-order valence-electron chi connectivity index (χ2n) is 10.0. The molecule has 0 aliphatic heterocycles. The molecule has 2 amide bonds. The van der Waals surface area contributed by atoms with Crippen molar-refractivity contribution in [3.8, 4) is 0 Å². The van der Waals surface area contributed by atoms with Crippen LogP contribution in [0.4, 0.5) is 5.69 Å². The van der Waals surface area contributed by atoms with E-state index in [9.17, 15) is 19.2 Å². The van der Waals surface area contributed by atoms with Gasteiger partial charge in [-0.25, -0.2) is 4.79 Å². The lowest BCUT2D eigenvalue weighted by Crippen LogP contribution is -2.47. The van der Waals surface area contributed by atoms with Gasteiger partial charge in [-0.15, -0.1) is 0 Å². The number of anilines is 1. The summed E-state index contributed by atoms with van der Waals surface area (Å²) in [6.45, 7) is 3.54. The maximum atomic E-state index is 13.6. The van der Waals surface area contributed by atoms with Crippen LogP contribution in [-0.4, -0.2) is 48.2 Å². The molecule has 0 radical (unpaired) electrons. The van der Waals surface area contributed by atoms with Crippen molar-refractivity contribution in [1.82, 2.24) is 5.32 Å². The Hall–Kier alpha value is -4.73. The van der Waals surface area contributed by atoms with Crippen molar-refractivity contribution in [1.29, 1.82) is 0 Å². The van der Waals surface area contributed by atoms with Crippen molar-refractivity contribution in [3.63, 3.8) is 0 Å². The predicted octanol–water partition coefficient (Wildman–Crippen LogP) is 3.09. The van der Waals surface area contributed by atoms with Gasteiger partial charge in [-0.1, -0.05) is 60.7 Å². The molecular formula is C31H37N5O5. The number of nitrogens with two attached hydrogens (primary N) is 2. The number of hydrogen-bond acceptors (Lipinski definition) is 6. The summed E-state index contributed by atoms with van der Waals surface area (Å²) in [7, 11) is 0. The van der Waals surface area contributed by atoms with Gasteiger partial charge in [0.15, 0.2) is 11.7 Å². The molecule has 0 fully saturated rings. The van der Waals surface area contributed by atoms with Crippen molar-refractivity contribution in [2.45, 2.75) is 51.7 Å². The molecule has 3 aromatic carbocycles. The number of carbonyl (C=O) groups is 4. The standard InChI is InChI=1S/C31H37N5O5/c1-20(2)41-30(40)29(39)36-26(17-21-9-4-3-5-10-21)27(37)19-24(13-8-16-34-31(32)33)28(38)35-25-15-14-22-11-6-7-12-23(22)18-25/h3-7,9-12,14-15,18,20,24,26H,8,13,16-17,19H2,1-2H3,(H,35,38)(H,36,39)(H4,32,33,34). The first-order valence-corrected chi connectivity index (χ1v) is 13.6. The minimum atomic E-state index is -1.08. The fraction of sp³-hybridized carbons (Fsp3) is 0.323. The molecule has 0 aliphatic rings. The van der Waals surface area contributed by atoms with Crippen molar-refractivity contribution < 1.29 is 23.9 Å². The number of nitrogens with zero attached hydrogens (tertiary/aromatic N) is 1. The normalized spacial score (nSPS) is 12.3. The highest BCUT2D eigenvalue weighted by Crippen LogP contribution is 2.22. The second-order valence-corrected chi connectivity index (χ2v) is 10.0. The van der Waals surface area contributed by atoms with E-state index in [0.29, 0.717) is 25.1 Å². The quantitative estimate of drug-likeness (QED) is 0.0821. The van der Waals surface area contributed by atoms with E-state index in [1.807, 2.05) is 66.7 Å². The van der Waals surface area contributed by atoms with E-state index in [4.69, 9.17) is 16.2 Å².